The van der Waals surface area contributed by atoms with Gasteiger partial charge in [0, 0.05) is 6.54 Å². The second kappa shape index (κ2) is 6.16. The molecule has 1 heterocycles. The van der Waals surface area contributed by atoms with Gasteiger partial charge in [-0.2, -0.15) is 5.10 Å². The SMILES string of the molecule is CCn1nc(C)c(Br)c1CNc1c(Cl)cccc1Cl. The Morgan fingerprint density at radius 2 is 1.95 bits per heavy atom. The monoisotopic (exact) mass is 361 g/mol. The molecular formula is C13H14BrCl2N3. The van der Waals surface area contributed by atoms with Crippen molar-refractivity contribution in [3.05, 3.63) is 44.1 Å². The van der Waals surface area contributed by atoms with E-state index in [4.69, 9.17) is 23.2 Å². The van der Waals surface area contributed by atoms with Crippen LogP contribution in [0, 0.1) is 6.92 Å². The molecule has 19 heavy (non-hydrogen) atoms. The molecule has 0 atom stereocenters. The summed E-state index contributed by atoms with van der Waals surface area (Å²) in [5.74, 6) is 0. The smallest absolute Gasteiger partial charge is 0.0739 e. The Labute approximate surface area is 131 Å². The Hall–Kier alpha value is -0.710. The molecule has 0 spiro atoms. The van der Waals surface area contributed by atoms with E-state index in [1.165, 1.54) is 0 Å². The molecule has 0 saturated heterocycles. The van der Waals surface area contributed by atoms with Crippen LogP contribution in [0.1, 0.15) is 18.3 Å². The van der Waals surface area contributed by atoms with E-state index in [1.54, 1.807) is 0 Å². The van der Waals surface area contributed by atoms with E-state index in [9.17, 15) is 0 Å². The number of aryl methyl sites for hydroxylation is 2. The first-order valence-corrected chi connectivity index (χ1v) is 7.49. The van der Waals surface area contributed by atoms with Gasteiger partial charge in [0.1, 0.15) is 0 Å². The highest BCUT2D eigenvalue weighted by atomic mass is 79.9. The summed E-state index contributed by atoms with van der Waals surface area (Å²) in [7, 11) is 0. The molecule has 3 nitrogen and oxygen atoms in total. The van der Waals surface area contributed by atoms with Gasteiger partial charge in [0.25, 0.3) is 0 Å². The number of para-hydroxylation sites is 1. The zero-order valence-electron chi connectivity index (χ0n) is 10.7. The summed E-state index contributed by atoms with van der Waals surface area (Å²) in [6.07, 6.45) is 0. The van der Waals surface area contributed by atoms with Crippen LogP contribution in [0.3, 0.4) is 0 Å². The molecule has 1 N–H and O–H groups in total. The molecular weight excluding hydrogens is 349 g/mol. The fourth-order valence-electron chi connectivity index (χ4n) is 1.88. The van der Waals surface area contributed by atoms with Gasteiger partial charge in [0.2, 0.25) is 0 Å². The quantitative estimate of drug-likeness (QED) is 0.838. The maximum absolute atomic E-state index is 6.13. The predicted molar refractivity (Wildman–Crippen MR) is 84.1 cm³/mol. The molecule has 2 aromatic rings. The molecule has 0 aliphatic rings. The largest absolute Gasteiger partial charge is 0.377 e. The van der Waals surface area contributed by atoms with E-state index in [1.807, 2.05) is 29.8 Å². The Morgan fingerprint density at radius 3 is 2.53 bits per heavy atom. The lowest BCUT2D eigenvalue weighted by molar-refractivity contribution is 0.622. The number of aromatic nitrogens is 2. The molecule has 102 valence electrons. The summed E-state index contributed by atoms with van der Waals surface area (Å²) in [6, 6.07) is 5.45. The molecule has 0 fully saturated rings. The molecule has 6 heteroatoms. The van der Waals surface area contributed by atoms with Crippen molar-refractivity contribution in [2.75, 3.05) is 5.32 Å². The average molecular weight is 363 g/mol. The molecule has 0 amide bonds. The average Bonchev–Trinajstić information content (AvgIpc) is 2.65. The van der Waals surface area contributed by atoms with Gasteiger partial charge in [-0.05, 0) is 41.9 Å². The van der Waals surface area contributed by atoms with Crippen LogP contribution in [0.2, 0.25) is 10.0 Å². The van der Waals surface area contributed by atoms with Gasteiger partial charge in [-0.3, -0.25) is 4.68 Å². The summed E-state index contributed by atoms with van der Waals surface area (Å²) < 4.78 is 2.97. The van der Waals surface area contributed by atoms with Crippen LogP contribution in [-0.2, 0) is 13.1 Å². The normalized spacial score (nSPS) is 10.8. The van der Waals surface area contributed by atoms with Gasteiger partial charge in [-0.15, -0.1) is 0 Å². The maximum atomic E-state index is 6.13. The van der Waals surface area contributed by atoms with Crippen molar-refractivity contribution in [1.29, 1.82) is 0 Å². The summed E-state index contributed by atoms with van der Waals surface area (Å²) in [5, 5.41) is 8.95. The first-order chi connectivity index (χ1) is 9.04. The van der Waals surface area contributed by atoms with Gasteiger partial charge in [0.05, 0.1) is 38.1 Å². The highest BCUT2D eigenvalue weighted by molar-refractivity contribution is 9.10. The standard InChI is InChI=1S/C13H14BrCl2N3/c1-3-19-11(12(14)8(2)18-19)7-17-13-9(15)5-4-6-10(13)16/h4-6,17H,3,7H2,1-2H3. The van der Waals surface area contributed by atoms with Crippen LogP contribution < -0.4 is 5.32 Å². The van der Waals surface area contributed by atoms with Crippen LogP contribution >= 0.6 is 39.1 Å². The van der Waals surface area contributed by atoms with E-state index in [0.717, 1.165) is 28.1 Å². The lowest BCUT2D eigenvalue weighted by Gasteiger charge is -2.11. The minimum atomic E-state index is 0.610. The van der Waals surface area contributed by atoms with Crippen molar-refractivity contribution in [3.8, 4) is 0 Å². The van der Waals surface area contributed by atoms with Crippen LogP contribution in [0.15, 0.2) is 22.7 Å². The third-order valence-corrected chi connectivity index (χ3v) is 4.51. The van der Waals surface area contributed by atoms with E-state index in [-0.39, 0.29) is 0 Å². The van der Waals surface area contributed by atoms with Gasteiger partial charge < -0.3 is 5.32 Å². The van der Waals surface area contributed by atoms with Gasteiger partial charge in [-0.1, -0.05) is 29.3 Å². The first-order valence-electron chi connectivity index (χ1n) is 5.94. The Morgan fingerprint density at radius 1 is 1.32 bits per heavy atom. The second-order valence-electron chi connectivity index (χ2n) is 4.11. The van der Waals surface area contributed by atoms with E-state index in [2.05, 4.69) is 33.3 Å². The molecule has 1 aromatic heterocycles. The molecule has 0 radical (unpaired) electrons. The second-order valence-corrected chi connectivity index (χ2v) is 5.72. The zero-order valence-corrected chi connectivity index (χ0v) is 13.8. The van der Waals surface area contributed by atoms with Gasteiger partial charge in [0.15, 0.2) is 0 Å². The van der Waals surface area contributed by atoms with Crippen LogP contribution in [0.25, 0.3) is 0 Å². The third-order valence-electron chi connectivity index (χ3n) is 2.85. The van der Waals surface area contributed by atoms with Crippen molar-refractivity contribution in [2.24, 2.45) is 0 Å². The van der Waals surface area contributed by atoms with Crippen LogP contribution in [0.4, 0.5) is 5.69 Å². The van der Waals surface area contributed by atoms with Crippen molar-refractivity contribution in [1.82, 2.24) is 9.78 Å². The molecule has 1 aromatic carbocycles. The van der Waals surface area contributed by atoms with E-state index >= 15 is 0 Å². The summed E-state index contributed by atoms with van der Waals surface area (Å²) in [5.41, 5.74) is 2.80. The molecule has 0 aliphatic heterocycles. The fourth-order valence-corrected chi connectivity index (χ4v) is 2.83. The molecule has 0 unspecified atom stereocenters. The van der Waals surface area contributed by atoms with E-state index in [0.29, 0.717) is 16.6 Å². The molecule has 0 aliphatic carbocycles. The van der Waals surface area contributed by atoms with Crippen LogP contribution in [0.5, 0.6) is 0 Å². The maximum Gasteiger partial charge on any atom is 0.0739 e. The lowest BCUT2D eigenvalue weighted by Crippen LogP contribution is -2.08. The number of halogens is 3. The lowest BCUT2D eigenvalue weighted by atomic mass is 10.3. The number of nitrogens with zero attached hydrogens (tertiary/aromatic N) is 2. The number of hydrogen-bond donors (Lipinski definition) is 1. The van der Waals surface area contributed by atoms with Crippen LogP contribution in [-0.4, -0.2) is 9.78 Å². The number of hydrogen-bond acceptors (Lipinski definition) is 2. The number of rotatable bonds is 4. The molecule has 0 bridgehead atoms. The number of nitrogens with one attached hydrogen (secondary N) is 1. The van der Waals surface area contributed by atoms with Gasteiger partial charge in [-0.25, -0.2) is 0 Å². The Bertz CT molecular complexity index is 576. The predicted octanol–water partition coefficient (Wildman–Crippen LogP) is 4.89. The topological polar surface area (TPSA) is 29.9 Å². The number of benzene rings is 1. The summed E-state index contributed by atoms with van der Waals surface area (Å²) in [4.78, 5) is 0. The molecule has 0 saturated carbocycles. The van der Waals surface area contributed by atoms with Crippen molar-refractivity contribution >= 4 is 44.8 Å². The highest BCUT2D eigenvalue weighted by Crippen LogP contribution is 2.31. The van der Waals surface area contributed by atoms with E-state index < -0.39 is 0 Å². The minimum absolute atomic E-state index is 0.610. The van der Waals surface area contributed by atoms with Crippen molar-refractivity contribution in [3.63, 3.8) is 0 Å². The summed E-state index contributed by atoms with van der Waals surface area (Å²) >= 11 is 15.8. The first kappa shape index (κ1) is 14.7. The Balaban J connectivity index is 2.24. The molecule has 2 rings (SSSR count). The zero-order chi connectivity index (χ0) is 14.0. The minimum Gasteiger partial charge on any atom is -0.377 e. The fraction of sp³-hybridized carbons (Fsp3) is 0.308. The highest BCUT2D eigenvalue weighted by Gasteiger charge is 2.13. The van der Waals surface area contributed by atoms with Crippen molar-refractivity contribution < 1.29 is 0 Å². The third kappa shape index (κ3) is 3.07. The number of anilines is 1. The summed E-state index contributed by atoms with van der Waals surface area (Å²) in [6.45, 7) is 5.46. The Kier molecular flexibility index (Phi) is 4.76. The van der Waals surface area contributed by atoms with Crippen molar-refractivity contribution in [2.45, 2.75) is 26.9 Å². The van der Waals surface area contributed by atoms with Gasteiger partial charge >= 0.3 is 0 Å².